The van der Waals surface area contributed by atoms with E-state index in [1.54, 1.807) is 7.11 Å². The zero-order valence-electron chi connectivity index (χ0n) is 10.1. The zero-order valence-corrected chi connectivity index (χ0v) is 10.1. The van der Waals surface area contributed by atoms with E-state index in [0.29, 0.717) is 5.92 Å². The Hall–Kier alpha value is -1.24. The van der Waals surface area contributed by atoms with Gasteiger partial charge in [-0.15, -0.1) is 6.58 Å². The van der Waals surface area contributed by atoms with E-state index in [4.69, 9.17) is 4.74 Å². The number of ether oxygens (including phenoxy) is 1. The molecule has 1 atom stereocenters. The van der Waals surface area contributed by atoms with Crippen LogP contribution in [0.25, 0.3) is 0 Å². The van der Waals surface area contributed by atoms with Gasteiger partial charge in [0, 0.05) is 0 Å². The van der Waals surface area contributed by atoms with Crippen molar-refractivity contribution in [2.75, 3.05) is 7.11 Å². The fourth-order valence-corrected chi connectivity index (χ4v) is 1.95. The molecular weight excluding hydrogens is 184 g/mol. The number of methoxy groups -OCH3 is 1. The molecule has 0 saturated carbocycles. The van der Waals surface area contributed by atoms with Crippen LogP contribution < -0.4 is 4.74 Å². The van der Waals surface area contributed by atoms with Crippen LogP contribution in [0.15, 0.2) is 24.8 Å². The minimum absolute atomic E-state index is 0.534. The third-order valence-electron chi connectivity index (χ3n) is 3.05. The van der Waals surface area contributed by atoms with E-state index >= 15 is 0 Å². The number of rotatable bonds is 4. The van der Waals surface area contributed by atoms with Crippen LogP contribution in [0.5, 0.6) is 5.75 Å². The highest BCUT2D eigenvalue weighted by Gasteiger charge is 2.11. The summed E-state index contributed by atoms with van der Waals surface area (Å²) in [5.41, 5.74) is 3.97. The van der Waals surface area contributed by atoms with Crippen molar-refractivity contribution in [3.05, 3.63) is 41.5 Å². The van der Waals surface area contributed by atoms with Gasteiger partial charge in [0.15, 0.2) is 0 Å². The van der Waals surface area contributed by atoms with Gasteiger partial charge in [0.05, 0.1) is 7.11 Å². The Morgan fingerprint density at radius 2 is 2.00 bits per heavy atom. The molecule has 0 N–H and O–H groups in total. The third kappa shape index (κ3) is 2.41. The first-order valence-corrected chi connectivity index (χ1v) is 5.36. The highest BCUT2D eigenvalue weighted by molar-refractivity contribution is 5.44. The second kappa shape index (κ2) is 5.01. The van der Waals surface area contributed by atoms with Crippen LogP contribution >= 0.6 is 0 Å². The van der Waals surface area contributed by atoms with Crippen LogP contribution in [-0.4, -0.2) is 7.11 Å². The average Bonchev–Trinajstić information content (AvgIpc) is 2.22. The molecule has 0 aliphatic carbocycles. The summed E-state index contributed by atoms with van der Waals surface area (Å²) >= 11 is 0. The number of hydrogen-bond donors (Lipinski definition) is 0. The molecule has 1 aromatic carbocycles. The quantitative estimate of drug-likeness (QED) is 0.674. The molecule has 82 valence electrons. The van der Waals surface area contributed by atoms with Gasteiger partial charge in [-0.3, -0.25) is 0 Å². The van der Waals surface area contributed by atoms with Gasteiger partial charge in [-0.1, -0.05) is 19.1 Å². The van der Waals surface area contributed by atoms with Crippen LogP contribution in [0.4, 0.5) is 0 Å². The first-order valence-electron chi connectivity index (χ1n) is 5.36. The van der Waals surface area contributed by atoms with Gasteiger partial charge < -0.3 is 4.74 Å². The molecule has 0 bridgehead atoms. The number of hydrogen-bond acceptors (Lipinski definition) is 1. The fourth-order valence-electron chi connectivity index (χ4n) is 1.95. The highest BCUT2D eigenvalue weighted by Crippen LogP contribution is 2.30. The van der Waals surface area contributed by atoms with Crippen molar-refractivity contribution in [2.45, 2.75) is 33.1 Å². The van der Waals surface area contributed by atoms with Gasteiger partial charge in [-0.25, -0.2) is 0 Å². The Bertz CT molecular complexity index is 353. The van der Waals surface area contributed by atoms with Crippen LogP contribution in [0, 0.1) is 13.8 Å². The Kier molecular flexibility index (Phi) is 3.96. The van der Waals surface area contributed by atoms with E-state index in [0.717, 1.165) is 12.2 Å². The molecule has 1 unspecified atom stereocenters. The molecule has 0 aromatic heterocycles. The minimum Gasteiger partial charge on any atom is -0.496 e. The van der Waals surface area contributed by atoms with E-state index < -0.39 is 0 Å². The lowest BCUT2D eigenvalue weighted by Gasteiger charge is -2.16. The Labute approximate surface area is 92.8 Å². The normalized spacial score (nSPS) is 12.3. The Morgan fingerprint density at radius 1 is 1.33 bits per heavy atom. The second-order valence-electron chi connectivity index (χ2n) is 4.03. The summed E-state index contributed by atoms with van der Waals surface area (Å²) in [6.45, 7) is 10.3. The van der Waals surface area contributed by atoms with Crippen LogP contribution in [0.2, 0.25) is 0 Å². The van der Waals surface area contributed by atoms with Crippen LogP contribution in [-0.2, 0) is 0 Å². The minimum atomic E-state index is 0.534. The lowest BCUT2D eigenvalue weighted by Crippen LogP contribution is -1.99. The standard InChI is InChI=1S/C14H20O/c1-6-7-10(2)13-8-9-14(15-5)12(4)11(13)3/h6,8-10H,1,7H2,2-5H3. The summed E-state index contributed by atoms with van der Waals surface area (Å²) in [7, 11) is 1.72. The smallest absolute Gasteiger partial charge is 0.122 e. The van der Waals surface area contributed by atoms with Gasteiger partial charge in [0.2, 0.25) is 0 Å². The Balaban J connectivity index is 3.11. The van der Waals surface area contributed by atoms with Gasteiger partial charge in [-0.05, 0) is 48.9 Å². The molecular formula is C14H20O. The maximum absolute atomic E-state index is 5.30. The summed E-state index contributed by atoms with van der Waals surface area (Å²) in [5, 5.41) is 0. The SMILES string of the molecule is C=CCC(C)c1ccc(OC)c(C)c1C. The second-order valence-corrected chi connectivity index (χ2v) is 4.03. The molecule has 0 heterocycles. The molecule has 1 rings (SSSR count). The summed E-state index contributed by atoms with van der Waals surface area (Å²) in [6, 6.07) is 4.21. The van der Waals surface area contributed by atoms with Crippen LogP contribution in [0.3, 0.4) is 0 Å². The fraction of sp³-hybridized carbons (Fsp3) is 0.429. The van der Waals surface area contributed by atoms with Gasteiger partial charge in [-0.2, -0.15) is 0 Å². The largest absolute Gasteiger partial charge is 0.496 e. The van der Waals surface area contributed by atoms with Crippen LogP contribution in [0.1, 0.15) is 36.0 Å². The first-order chi connectivity index (χ1) is 7.11. The number of benzene rings is 1. The van der Waals surface area contributed by atoms with Crippen molar-refractivity contribution in [1.29, 1.82) is 0 Å². The van der Waals surface area contributed by atoms with E-state index in [9.17, 15) is 0 Å². The summed E-state index contributed by atoms with van der Waals surface area (Å²) in [4.78, 5) is 0. The molecule has 0 aliphatic rings. The van der Waals surface area contributed by atoms with Gasteiger partial charge in [0.25, 0.3) is 0 Å². The van der Waals surface area contributed by atoms with Crippen molar-refractivity contribution in [2.24, 2.45) is 0 Å². The van der Waals surface area contributed by atoms with E-state index in [1.807, 2.05) is 6.08 Å². The predicted octanol–water partition coefficient (Wildman–Crippen LogP) is 3.99. The predicted molar refractivity (Wildman–Crippen MR) is 65.7 cm³/mol. The van der Waals surface area contributed by atoms with Crippen molar-refractivity contribution in [3.63, 3.8) is 0 Å². The molecule has 1 nitrogen and oxygen atoms in total. The number of allylic oxidation sites excluding steroid dienone is 1. The highest BCUT2D eigenvalue weighted by atomic mass is 16.5. The monoisotopic (exact) mass is 204 g/mol. The zero-order chi connectivity index (χ0) is 11.4. The lowest BCUT2D eigenvalue weighted by atomic mass is 9.91. The van der Waals surface area contributed by atoms with Crippen molar-refractivity contribution in [1.82, 2.24) is 0 Å². The maximum Gasteiger partial charge on any atom is 0.122 e. The molecule has 15 heavy (non-hydrogen) atoms. The molecule has 0 fully saturated rings. The lowest BCUT2D eigenvalue weighted by molar-refractivity contribution is 0.411. The van der Waals surface area contributed by atoms with Crippen molar-refractivity contribution >= 4 is 0 Å². The molecule has 1 aromatic rings. The topological polar surface area (TPSA) is 9.23 Å². The maximum atomic E-state index is 5.30. The molecule has 0 aliphatic heterocycles. The van der Waals surface area contributed by atoms with Crippen molar-refractivity contribution in [3.8, 4) is 5.75 Å². The third-order valence-corrected chi connectivity index (χ3v) is 3.05. The van der Waals surface area contributed by atoms with Crippen molar-refractivity contribution < 1.29 is 4.74 Å². The average molecular weight is 204 g/mol. The van der Waals surface area contributed by atoms with E-state index in [-0.39, 0.29) is 0 Å². The molecule has 0 spiro atoms. The van der Waals surface area contributed by atoms with Gasteiger partial charge in [0.1, 0.15) is 5.75 Å². The summed E-state index contributed by atoms with van der Waals surface area (Å²) in [5.74, 6) is 1.51. The molecule has 0 saturated heterocycles. The Morgan fingerprint density at radius 3 is 2.53 bits per heavy atom. The van der Waals surface area contributed by atoms with Gasteiger partial charge >= 0.3 is 0 Å². The first kappa shape index (κ1) is 11.8. The van der Waals surface area contributed by atoms with E-state index in [1.165, 1.54) is 16.7 Å². The molecule has 0 radical (unpaired) electrons. The summed E-state index contributed by atoms with van der Waals surface area (Å²) in [6.07, 6.45) is 3.00. The molecule has 1 heteroatoms. The van der Waals surface area contributed by atoms with E-state index in [2.05, 4.69) is 39.5 Å². The molecule has 0 amide bonds. The summed E-state index contributed by atoms with van der Waals surface area (Å²) < 4.78 is 5.30.